The molecule has 0 aromatic carbocycles. The van der Waals surface area contributed by atoms with Crippen LogP contribution >= 0.6 is 23.7 Å². The van der Waals surface area contributed by atoms with Crippen LogP contribution in [0.15, 0.2) is 4.21 Å². The highest BCUT2D eigenvalue weighted by Gasteiger charge is 2.28. The van der Waals surface area contributed by atoms with Crippen LogP contribution in [0.2, 0.25) is 0 Å². The molecule has 2 unspecified atom stereocenters. The van der Waals surface area contributed by atoms with Gasteiger partial charge in [0.2, 0.25) is 0 Å². The number of nitrogens with zero attached hydrogens (tertiary/aromatic N) is 1. The molecular formula is C11H20ClN3O2S2. The summed E-state index contributed by atoms with van der Waals surface area (Å²) in [5.41, 5.74) is 0.585. The Morgan fingerprint density at radius 1 is 1.42 bits per heavy atom. The highest BCUT2D eigenvalue weighted by Crippen LogP contribution is 2.24. The van der Waals surface area contributed by atoms with Crippen molar-refractivity contribution in [2.24, 2.45) is 5.92 Å². The van der Waals surface area contributed by atoms with Crippen LogP contribution in [0.25, 0.3) is 0 Å². The molecule has 110 valence electrons. The van der Waals surface area contributed by atoms with Crippen molar-refractivity contribution in [1.82, 2.24) is 15.0 Å². The fourth-order valence-corrected chi connectivity index (χ4v) is 5.01. The molecule has 5 nitrogen and oxygen atoms in total. The molecule has 1 aromatic rings. The molecule has 1 aliphatic heterocycles. The monoisotopic (exact) mass is 325 g/mol. The van der Waals surface area contributed by atoms with Crippen LogP contribution < -0.4 is 10.0 Å². The molecule has 2 rings (SSSR count). The Kier molecular flexibility index (Phi) is 5.76. The summed E-state index contributed by atoms with van der Waals surface area (Å²) >= 11 is 1.23. The van der Waals surface area contributed by atoms with Gasteiger partial charge in [0, 0.05) is 12.6 Å². The van der Waals surface area contributed by atoms with Gasteiger partial charge in [0.15, 0.2) is 4.21 Å². The number of sulfonamides is 1. The summed E-state index contributed by atoms with van der Waals surface area (Å²) in [7, 11) is -3.44. The predicted molar refractivity (Wildman–Crippen MR) is 79.6 cm³/mol. The fourth-order valence-electron chi connectivity index (χ4n) is 2.16. The van der Waals surface area contributed by atoms with Gasteiger partial charge in [0.25, 0.3) is 10.0 Å². The minimum absolute atomic E-state index is 0. The summed E-state index contributed by atoms with van der Waals surface area (Å²) in [4.78, 5) is 4.17. The number of halogens is 1. The molecule has 1 aromatic heterocycles. The second-order valence-electron chi connectivity index (χ2n) is 4.80. The summed E-state index contributed by atoms with van der Waals surface area (Å²) in [6.45, 7) is 7.29. The van der Waals surface area contributed by atoms with E-state index in [1.165, 1.54) is 11.3 Å². The van der Waals surface area contributed by atoms with Gasteiger partial charge in [0.1, 0.15) is 0 Å². The second kappa shape index (κ2) is 6.49. The molecule has 0 radical (unpaired) electrons. The number of hydrogen-bond donors (Lipinski definition) is 2. The van der Waals surface area contributed by atoms with Gasteiger partial charge in [-0.1, -0.05) is 6.92 Å². The lowest BCUT2D eigenvalue weighted by Gasteiger charge is -2.29. The first-order chi connectivity index (χ1) is 8.40. The molecule has 0 saturated carbocycles. The zero-order valence-corrected chi connectivity index (χ0v) is 13.7. The lowest BCUT2D eigenvalue weighted by Crippen LogP contribution is -2.50. The quantitative estimate of drug-likeness (QED) is 0.882. The van der Waals surface area contributed by atoms with E-state index in [1.54, 1.807) is 6.92 Å². The average molecular weight is 326 g/mol. The minimum Gasteiger partial charge on any atom is -0.315 e. The van der Waals surface area contributed by atoms with Crippen molar-refractivity contribution in [3.8, 4) is 0 Å². The van der Waals surface area contributed by atoms with Crippen molar-refractivity contribution >= 4 is 33.8 Å². The molecule has 0 spiro atoms. The number of nitrogens with one attached hydrogen (secondary N) is 2. The van der Waals surface area contributed by atoms with Crippen molar-refractivity contribution in [3.63, 3.8) is 0 Å². The van der Waals surface area contributed by atoms with E-state index in [4.69, 9.17) is 0 Å². The second-order valence-corrected chi connectivity index (χ2v) is 7.92. The Hall–Kier alpha value is -0.210. The SMILES string of the molecule is Cc1nc(C)c(S(=O)(=O)NC2CNCCC2C)s1.Cl. The van der Waals surface area contributed by atoms with E-state index in [9.17, 15) is 8.42 Å². The molecule has 0 bridgehead atoms. The van der Waals surface area contributed by atoms with Crippen LogP contribution in [0.5, 0.6) is 0 Å². The topological polar surface area (TPSA) is 71.1 Å². The van der Waals surface area contributed by atoms with E-state index in [1.807, 2.05) is 6.92 Å². The fraction of sp³-hybridized carbons (Fsp3) is 0.727. The van der Waals surface area contributed by atoms with E-state index >= 15 is 0 Å². The third-order valence-electron chi connectivity index (χ3n) is 3.24. The average Bonchev–Trinajstić information content (AvgIpc) is 2.62. The number of aromatic nitrogens is 1. The smallest absolute Gasteiger partial charge is 0.252 e. The van der Waals surface area contributed by atoms with Gasteiger partial charge in [-0.3, -0.25) is 0 Å². The summed E-state index contributed by atoms with van der Waals surface area (Å²) in [5.74, 6) is 0.357. The lowest BCUT2D eigenvalue weighted by molar-refractivity contribution is 0.327. The van der Waals surface area contributed by atoms with Crippen LogP contribution in [0.4, 0.5) is 0 Å². The molecule has 0 aliphatic carbocycles. The molecule has 2 N–H and O–H groups in total. The zero-order valence-electron chi connectivity index (χ0n) is 11.3. The molecule has 19 heavy (non-hydrogen) atoms. The van der Waals surface area contributed by atoms with E-state index in [0.29, 0.717) is 22.4 Å². The standard InChI is InChI=1S/C11H19N3O2S2.ClH/c1-7-4-5-12-6-10(7)14-18(15,16)11-8(2)13-9(3)17-11;/h7,10,12,14H,4-6H2,1-3H3;1H. The van der Waals surface area contributed by atoms with E-state index in [2.05, 4.69) is 21.9 Å². The molecule has 1 saturated heterocycles. The van der Waals surface area contributed by atoms with Crippen molar-refractivity contribution in [1.29, 1.82) is 0 Å². The number of aryl methyl sites for hydroxylation is 2. The molecule has 0 amide bonds. The lowest BCUT2D eigenvalue weighted by atomic mass is 9.96. The van der Waals surface area contributed by atoms with Gasteiger partial charge < -0.3 is 5.32 Å². The molecule has 2 atom stereocenters. The Balaban J connectivity index is 0.00000180. The molecule has 1 fully saturated rings. The molecule has 1 aliphatic rings. The first-order valence-electron chi connectivity index (χ1n) is 6.07. The van der Waals surface area contributed by atoms with Crippen LogP contribution in [0, 0.1) is 19.8 Å². The van der Waals surface area contributed by atoms with Crippen molar-refractivity contribution in [2.75, 3.05) is 13.1 Å². The third-order valence-corrected chi connectivity index (χ3v) is 6.41. The van der Waals surface area contributed by atoms with Gasteiger partial charge in [0.05, 0.1) is 10.7 Å². The Bertz CT molecular complexity index is 530. The number of piperidine rings is 1. The van der Waals surface area contributed by atoms with Crippen LogP contribution in [0.1, 0.15) is 24.0 Å². The summed E-state index contributed by atoms with van der Waals surface area (Å²) in [6, 6.07) is -0.0365. The predicted octanol–water partition coefficient (Wildman–Crippen LogP) is 1.46. The van der Waals surface area contributed by atoms with Crippen molar-refractivity contribution in [3.05, 3.63) is 10.7 Å². The third kappa shape index (κ3) is 3.88. The number of rotatable bonds is 3. The largest absolute Gasteiger partial charge is 0.315 e. The van der Waals surface area contributed by atoms with Gasteiger partial charge in [-0.25, -0.2) is 18.1 Å². The molecule has 2 heterocycles. The van der Waals surface area contributed by atoms with E-state index in [0.717, 1.165) is 18.0 Å². The number of thiazole rings is 1. The first kappa shape index (κ1) is 16.8. The summed E-state index contributed by atoms with van der Waals surface area (Å²) in [5, 5.41) is 4.00. The molecule has 8 heteroatoms. The minimum atomic E-state index is -3.44. The maximum Gasteiger partial charge on any atom is 0.252 e. The van der Waals surface area contributed by atoms with Crippen LogP contribution in [-0.4, -0.2) is 32.5 Å². The summed E-state index contributed by atoms with van der Waals surface area (Å²) in [6.07, 6.45) is 0.994. The van der Waals surface area contributed by atoms with Gasteiger partial charge in [-0.15, -0.1) is 23.7 Å². The molecular weight excluding hydrogens is 306 g/mol. The van der Waals surface area contributed by atoms with Crippen LogP contribution in [-0.2, 0) is 10.0 Å². The van der Waals surface area contributed by atoms with E-state index < -0.39 is 10.0 Å². The van der Waals surface area contributed by atoms with Gasteiger partial charge in [-0.05, 0) is 32.7 Å². The highest BCUT2D eigenvalue weighted by atomic mass is 35.5. The van der Waals surface area contributed by atoms with Crippen LogP contribution in [0.3, 0.4) is 0 Å². The van der Waals surface area contributed by atoms with Gasteiger partial charge >= 0.3 is 0 Å². The maximum atomic E-state index is 12.3. The number of hydrogen-bond acceptors (Lipinski definition) is 5. The zero-order chi connectivity index (χ0) is 13.3. The van der Waals surface area contributed by atoms with Crippen molar-refractivity contribution in [2.45, 2.75) is 37.4 Å². The first-order valence-corrected chi connectivity index (χ1v) is 8.37. The maximum absolute atomic E-state index is 12.3. The van der Waals surface area contributed by atoms with Crippen molar-refractivity contribution < 1.29 is 8.42 Å². The Morgan fingerprint density at radius 3 is 2.63 bits per heavy atom. The normalized spacial score (nSPS) is 23.9. The van der Waals surface area contributed by atoms with Gasteiger partial charge in [-0.2, -0.15) is 0 Å². The summed E-state index contributed by atoms with van der Waals surface area (Å²) < 4.78 is 27.8. The van der Waals surface area contributed by atoms with E-state index in [-0.39, 0.29) is 18.4 Å². The Morgan fingerprint density at radius 2 is 2.11 bits per heavy atom. The highest BCUT2D eigenvalue weighted by molar-refractivity contribution is 7.91. The Labute approximate surface area is 124 Å².